The van der Waals surface area contributed by atoms with Gasteiger partial charge in [0.1, 0.15) is 25.1 Å². The monoisotopic (exact) mass is 1250 g/mol. The Labute approximate surface area is 513 Å². The lowest BCUT2D eigenvalue weighted by atomic mass is 9.93. The highest BCUT2D eigenvalue weighted by molar-refractivity contribution is 8.06. The van der Waals surface area contributed by atoms with E-state index < -0.39 is 51.1 Å². The van der Waals surface area contributed by atoms with Crippen LogP contribution in [0, 0.1) is 5.41 Å². The summed E-state index contributed by atoms with van der Waals surface area (Å²) in [6.45, 7) is 7.04. The minimum atomic E-state index is -4.27. The Kier molecular flexibility index (Phi) is 21.6. The molecule has 19 nitrogen and oxygen atoms in total. The van der Waals surface area contributed by atoms with Gasteiger partial charge in [-0.3, -0.25) is 20.1 Å². The van der Waals surface area contributed by atoms with E-state index in [1.165, 1.54) is 47.9 Å². The van der Waals surface area contributed by atoms with Crippen molar-refractivity contribution in [1.82, 2.24) is 16.4 Å². The molecule has 7 aromatic carbocycles. The lowest BCUT2D eigenvalue weighted by Gasteiger charge is -2.38. The molecule has 472 valence electrons. The lowest BCUT2D eigenvalue weighted by Crippen LogP contribution is -2.48. The van der Waals surface area contributed by atoms with Crippen molar-refractivity contribution in [3.05, 3.63) is 202 Å². The highest BCUT2D eigenvalue weighted by Gasteiger charge is 2.45. The summed E-state index contributed by atoms with van der Waals surface area (Å²) in [7, 11) is -1.15. The summed E-state index contributed by atoms with van der Waals surface area (Å²) >= 11 is 0. The lowest BCUT2D eigenvalue weighted by molar-refractivity contribution is -0.287. The van der Waals surface area contributed by atoms with Gasteiger partial charge in [-0.15, -0.1) is 17.6 Å². The van der Waals surface area contributed by atoms with Crippen molar-refractivity contribution < 1.29 is 78.2 Å². The molecule has 0 bridgehead atoms. The van der Waals surface area contributed by atoms with Crippen molar-refractivity contribution in [2.45, 2.75) is 84.5 Å². The van der Waals surface area contributed by atoms with Gasteiger partial charge in [0.15, 0.2) is 46.0 Å². The zero-order valence-electron chi connectivity index (χ0n) is 48.7. The molecule has 11 rings (SSSR count). The summed E-state index contributed by atoms with van der Waals surface area (Å²) in [5.41, 5.74) is 6.28. The van der Waals surface area contributed by atoms with E-state index >= 15 is 0 Å². The number of hydrogen-bond donors (Lipinski definition) is 4. The zero-order chi connectivity index (χ0) is 62.1. The van der Waals surface area contributed by atoms with E-state index in [-0.39, 0.29) is 54.7 Å². The van der Waals surface area contributed by atoms with Gasteiger partial charge in [0.25, 0.3) is 0 Å². The minimum Gasteiger partial charge on any atom is -0.493 e. The van der Waals surface area contributed by atoms with Gasteiger partial charge in [-0.25, -0.2) is 19.1 Å². The second kappa shape index (κ2) is 28.6. The van der Waals surface area contributed by atoms with Crippen molar-refractivity contribution in [1.29, 1.82) is 5.41 Å². The summed E-state index contributed by atoms with van der Waals surface area (Å²) < 4.78 is 125. The summed E-state index contributed by atoms with van der Waals surface area (Å²) in [5.74, 6) is 7.62. The quantitative estimate of drug-likeness (QED) is 0.0197. The van der Waals surface area contributed by atoms with Crippen LogP contribution in [0.25, 0.3) is 6.08 Å². The SMILES string of the molecule is C.COc1cc2c(cc1OCc1ccccc1)CCN(C(=O)OC(C)(C)C)C2CS(=O)(=O)C(=N)N(N)c1ccccc1.COc1cc2c(cc1OCc1ccccc1)CCNC2/C=C/c1ccc2c(c1)OC(F)(F)O2.N.O=Cc1ccc2c(c1)OC(F)(F)O2. The first kappa shape index (κ1) is 67.2. The Bertz CT molecular complexity index is 3750. The number of methoxy groups -OCH3 is 2. The molecule has 0 radical (unpaired) electrons. The fourth-order valence-electron chi connectivity index (χ4n) is 9.67. The first-order valence-electron chi connectivity index (χ1n) is 27.3. The molecule has 4 aliphatic heterocycles. The maximum absolute atomic E-state index is 13.6. The summed E-state index contributed by atoms with van der Waals surface area (Å²) in [5, 5.41) is 12.0. The molecule has 0 saturated carbocycles. The average molecular weight is 1250 g/mol. The van der Waals surface area contributed by atoms with Gasteiger partial charge >= 0.3 is 18.7 Å². The number of amides is 1. The average Bonchev–Trinajstić information content (AvgIpc) is 1.68. The fourth-order valence-corrected chi connectivity index (χ4v) is 11.0. The molecule has 0 spiro atoms. The summed E-state index contributed by atoms with van der Waals surface area (Å²) in [4.78, 5) is 25.0. The normalized spacial score (nSPS) is 16.2. The number of nitrogens with one attached hydrogen (secondary N) is 2. The Morgan fingerprint density at radius 3 is 1.70 bits per heavy atom. The molecule has 7 aromatic rings. The van der Waals surface area contributed by atoms with Crippen LogP contribution in [0.5, 0.6) is 46.0 Å². The number of hydrogen-bond acceptors (Lipinski definition) is 17. The number of hydrazine groups is 1. The van der Waals surface area contributed by atoms with Crippen LogP contribution >= 0.6 is 0 Å². The molecule has 0 aromatic heterocycles. The summed E-state index contributed by atoms with van der Waals surface area (Å²) in [6, 6.07) is 43.2. The van der Waals surface area contributed by atoms with Crippen LogP contribution in [0.3, 0.4) is 0 Å². The molecule has 0 fully saturated rings. The zero-order valence-corrected chi connectivity index (χ0v) is 49.5. The standard InChI is InChI=1S/C30H36N4O6S.C26H23F2NO4.C8H4F2O3.CH4.H3N/c1-30(2,3)40-29(35)33-16-15-22-17-27(39-19-21-11-7-5-8-12-21)26(38-4)18-24(22)25(33)20-41(36,37)28(31)34(32)23-13-9-6-10-14-23;1-30-23-15-20-19(14-24(23)31-16-18-5-3-2-4-6-18)11-12-29-21(20)9-7-17-8-10-22-25(13-17)33-26(27,28)32-22;9-8(10)12-6-2-1-5(4-11)3-7(6)13-8;;/h5-14,17-18,25,31H,15-16,19-20,32H2,1-4H3;2-10,13-15,21,29H,11-12,16H2,1H3;1-4H;1H4;1H3/b;9-7+;;;. The molecule has 7 N–H and O–H groups in total. The van der Waals surface area contributed by atoms with E-state index in [1.807, 2.05) is 91.0 Å². The van der Waals surface area contributed by atoms with E-state index in [9.17, 15) is 35.6 Å². The Morgan fingerprint density at radius 1 is 0.697 bits per heavy atom. The second-order valence-electron chi connectivity index (χ2n) is 21.1. The maximum Gasteiger partial charge on any atom is 0.586 e. The van der Waals surface area contributed by atoms with Crippen molar-refractivity contribution >= 4 is 39.1 Å². The number of carbonyl (C=O) groups excluding carboxylic acids is 2. The molecule has 1 amide bonds. The molecular weight excluding hydrogens is 1180 g/mol. The highest BCUT2D eigenvalue weighted by Crippen LogP contribution is 2.44. The van der Waals surface area contributed by atoms with Crippen LogP contribution < -0.4 is 60.2 Å². The number of para-hydroxylation sites is 1. The van der Waals surface area contributed by atoms with Gasteiger partial charge < -0.3 is 54.1 Å². The maximum atomic E-state index is 13.6. The minimum absolute atomic E-state index is 0. The Morgan fingerprint density at radius 2 is 1.18 bits per heavy atom. The molecule has 4 aliphatic rings. The van der Waals surface area contributed by atoms with Crippen LogP contribution in [-0.2, 0) is 40.6 Å². The van der Waals surface area contributed by atoms with Gasteiger partial charge in [-0.05, 0) is 139 Å². The van der Waals surface area contributed by atoms with Crippen LogP contribution in [0.4, 0.5) is 28.0 Å². The van der Waals surface area contributed by atoms with Gasteiger partial charge in [-0.2, -0.15) is 0 Å². The number of fused-ring (bicyclic) bond motifs is 4. The number of benzene rings is 7. The summed E-state index contributed by atoms with van der Waals surface area (Å²) in [6.07, 6.45) is -2.16. The number of nitrogens with two attached hydrogens (primary N) is 1. The van der Waals surface area contributed by atoms with Gasteiger partial charge in [0.2, 0.25) is 15.0 Å². The number of ether oxygens (including phenoxy) is 9. The predicted molar refractivity (Wildman–Crippen MR) is 327 cm³/mol. The highest BCUT2D eigenvalue weighted by atomic mass is 32.2. The topological polar surface area (TPSA) is 255 Å². The van der Waals surface area contributed by atoms with Crippen LogP contribution in [0.15, 0.2) is 158 Å². The van der Waals surface area contributed by atoms with Crippen molar-refractivity contribution in [2.24, 2.45) is 5.84 Å². The third-order valence-corrected chi connectivity index (χ3v) is 15.3. The van der Waals surface area contributed by atoms with E-state index in [0.29, 0.717) is 60.2 Å². The van der Waals surface area contributed by atoms with Gasteiger partial charge in [0.05, 0.1) is 37.7 Å². The first-order chi connectivity index (χ1) is 41.5. The molecule has 2 unspecified atom stereocenters. The molecule has 24 heteroatoms. The third-order valence-electron chi connectivity index (χ3n) is 13.8. The number of alkyl halides is 4. The van der Waals surface area contributed by atoms with E-state index in [4.69, 9.17) is 34.9 Å². The van der Waals surface area contributed by atoms with Crippen molar-refractivity contribution in [3.8, 4) is 46.0 Å². The third kappa shape index (κ3) is 17.0. The molecule has 0 aliphatic carbocycles. The first-order valence-corrected chi connectivity index (χ1v) is 29.0. The van der Waals surface area contributed by atoms with Crippen LogP contribution in [-0.4, -0.2) is 82.1 Å². The Hall–Kier alpha value is -9.36. The van der Waals surface area contributed by atoms with E-state index in [1.54, 1.807) is 70.3 Å². The number of rotatable bonds is 14. The van der Waals surface area contributed by atoms with Crippen molar-refractivity contribution in [2.75, 3.05) is 38.1 Å². The van der Waals surface area contributed by atoms with Crippen molar-refractivity contribution in [3.63, 3.8) is 0 Å². The van der Waals surface area contributed by atoms with E-state index in [0.717, 1.165) is 45.8 Å². The van der Waals surface area contributed by atoms with Crippen LogP contribution in [0.1, 0.15) is 89.6 Å². The largest absolute Gasteiger partial charge is 0.586 e. The fraction of sp³-hybridized carbons (Fsp3) is 0.277. The Balaban J connectivity index is 0.000000209. The second-order valence-corrected chi connectivity index (χ2v) is 23.0. The number of carbonyl (C=O) groups is 2. The number of halogens is 4. The number of aldehydes is 1. The molecule has 2 atom stereocenters. The number of amidine groups is 1. The van der Waals surface area contributed by atoms with Crippen LogP contribution in [0.2, 0.25) is 0 Å². The van der Waals surface area contributed by atoms with Gasteiger partial charge in [-0.1, -0.05) is 105 Å². The smallest absolute Gasteiger partial charge is 0.493 e. The van der Waals surface area contributed by atoms with Gasteiger partial charge in [0, 0.05) is 18.7 Å². The molecular formula is C65H70F4N6O13S. The number of sulfone groups is 1. The number of anilines is 1. The molecule has 89 heavy (non-hydrogen) atoms. The molecule has 4 heterocycles. The number of nitrogens with zero attached hydrogens (tertiary/aromatic N) is 2. The molecule has 0 saturated heterocycles. The van der Waals surface area contributed by atoms with E-state index in [2.05, 4.69) is 24.3 Å². The predicted octanol–water partition coefficient (Wildman–Crippen LogP) is 13.0.